The summed E-state index contributed by atoms with van der Waals surface area (Å²) in [4.78, 5) is 14.4. The van der Waals surface area contributed by atoms with E-state index in [1.807, 2.05) is 13.8 Å². The summed E-state index contributed by atoms with van der Waals surface area (Å²) in [5.41, 5.74) is -0.194. The van der Waals surface area contributed by atoms with Gasteiger partial charge in [0.05, 0.1) is 0 Å². The Morgan fingerprint density at radius 1 is 1.40 bits per heavy atom. The number of carbonyl (C=O) groups excluding carboxylic acids is 1. The minimum atomic E-state index is -0.651. The van der Waals surface area contributed by atoms with E-state index in [4.69, 9.17) is 0 Å². The van der Waals surface area contributed by atoms with E-state index in [9.17, 15) is 14.3 Å². The lowest BCUT2D eigenvalue weighted by molar-refractivity contribution is 0.0647. The first-order chi connectivity index (χ1) is 9.50. The monoisotopic (exact) mass is 279 g/mol. The summed E-state index contributed by atoms with van der Waals surface area (Å²) in [5.74, 6) is -1.00. The lowest BCUT2D eigenvalue weighted by atomic mass is 10.1. The van der Waals surface area contributed by atoms with Crippen LogP contribution >= 0.6 is 0 Å². The van der Waals surface area contributed by atoms with Crippen LogP contribution in [0.5, 0.6) is 5.75 Å². The molecule has 1 fully saturated rings. The molecule has 2 rings (SSSR count). The minimum Gasteiger partial charge on any atom is -0.507 e. The molecule has 1 aliphatic rings. The number of hydrogen-bond donors (Lipinski definition) is 1. The first-order valence-corrected chi connectivity index (χ1v) is 7.29. The fraction of sp³-hybridized carbons (Fsp3) is 0.562. The Kier molecular flexibility index (Phi) is 4.63. The van der Waals surface area contributed by atoms with E-state index in [1.165, 1.54) is 18.2 Å². The number of carbonyl (C=O) groups is 1. The third kappa shape index (κ3) is 3.11. The summed E-state index contributed by atoms with van der Waals surface area (Å²) < 4.78 is 13.9. The zero-order chi connectivity index (χ0) is 14.7. The standard InChI is InChI=1S/C16H22FNO2/c1-11(2)10-18(12-6-3-4-7-12)16(20)15-13(17)8-5-9-14(15)19/h5,8-9,11-12,19H,3-4,6-7,10H2,1-2H3. The second-order valence-corrected chi connectivity index (χ2v) is 5.92. The average Bonchev–Trinajstić information content (AvgIpc) is 2.88. The van der Waals surface area contributed by atoms with E-state index in [-0.39, 0.29) is 23.3 Å². The highest BCUT2D eigenvalue weighted by Gasteiger charge is 2.30. The summed E-state index contributed by atoms with van der Waals surface area (Å²) in [7, 11) is 0. The van der Waals surface area contributed by atoms with Crippen LogP contribution in [0.4, 0.5) is 4.39 Å². The van der Waals surface area contributed by atoms with Gasteiger partial charge in [-0.2, -0.15) is 0 Å². The van der Waals surface area contributed by atoms with Gasteiger partial charge in [0.25, 0.3) is 5.91 Å². The van der Waals surface area contributed by atoms with Gasteiger partial charge in [-0.3, -0.25) is 4.79 Å². The maximum atomic E-state index is 13.9. The Morgan fingerprint density at radius 2 is 2.05 bits per heavy atom. The van der Waals surface area contributed by atoms with Gasteiger partial charge in [0.15, 0.2) is 0 Å². The smallest absolute Gasteiger partial charge is 0.260 e. The number of phenolic OH excluding ortho intramolecular Hbond substituents is 1. The first kappa shape index (κ1) is 14.8. The summed E-state index contributed by atoms with van der Waals surface area (Å²) in [6.45, 7) is 4.67. The van der Waals surface area contributed by atoms with Gasteiger partial charge in [-0.15, -0.1) is 0 Å². The third-order valence-corrected chi connectivity index (χ3v) is 3.79. The predicted molar refractivity (Wildman–Crippen MR) is 76.2 cm³/mol. The average molecular weight is 279 g/mol. The number of halogens is 1. The number of benzene rings is 1. The molecule has 0 radical (unpaired) electrons. The maximum absolute atomic E-state index is 13.9. The molecule has 1 saturated carbocycles. The second-order valence-electron chi connectivity index (χ2n) is 5.92. The molecule has 0 heterocycles. The zero-order valence-corrected chi connectivity index (χ0v) is 12.1. The Bertz CT molecular complexity index is 461. The topological polar surface area (TPSA) is 40.5 Å². The van der Waals surface area contributed by atoms with Gasteiger partial charge in [-0.25, -0.2) is 4.39 Å². The molecule has 20 heavy (non-hydrogen) atoms. The van der Waals surface area contributed by atoms with Crippen LogP contribution in [-0.2, 0) is 0 Å². The van der Waals surface area contributed by atoms with Crippen molar-refractivity contribution in [3.8, 4) is 5.75 Å². The Labute approximate surface area is 119 Å². The molecule has 0 saturated heterocycles. The van der Waals surface area contributed by atoms with Gasteiger partial charge in [-0.1, -0.05) is 32.8 Å². The quantitative estimate of drug-likeness (QED) is 0.915. The minimum absolute atomic E-state index is 0.170. The largest absolute Gasteiger partial charge is 0.507 e. The number of amides is 1. The van der Waals surface area contributed by atoms with Crippen molar-refractivity contribution >= 4 is 5.91 Å². The molecule has 0 aromatic heterocycles. The summed E-state index contributed by atoms with van der Waals surface area (Å²) >= 11 is 0. The molecular formula is C16H22FNO2. The van der Waals surface area contributed by atoms with Crippen molar-refractivity contribution in [1.29, 1.82) is 0 Å². The Balaban J connectivity index is 2.30. The van der Waals surface area contributed by atoms with E-state index in [0.717, 1.165) is 25.7 Å². The molecule has 0 spiro atoms. The Morgan fingerprint density at radius 3 is 2.60 bits per heavy atom. The van der Waals surface area contributed by atoms with E-state index in [1.54, 1.807) is 4.90 Å². The van der Waals surface area contributed by atoms with Gasteiger partial charge >= 0.3 is 0 Å². The fourth-order valence-corrected chi connectivity index (χ4v) is 2.88. The molecule has 0 unspecified atom stereocenters. The zero-order valence-electron chi connectivity index (χ0n) is 12.1. The van der Waals surface area contributed by atoms with E-state index >= 15 is 0 Å². The number of nitrogens with zero attached hydrogens (tertiary/aromatic N) is 1. The molecule has 4 heteroatoms. The van der Waals surface area contributed by atoms with Crippen LogP contribution in [0.15, 0.2) is 18.2 Å². The highest BCUT2D eigenvalue weighted by atomic mass is 19.1. The molecular weight excluding hydrogens is 257 g/mol. The summed E-state index contributed by atoms with van der Waals surface area (Å²) in [6.07, 6.45) is 4.15. The van der Waals surface area contributed by atoms with Crippen molar-refractivity contribution in [2.45, 2.75) is 45.6 Å². The molecule has 0 bridgehead atoms. The summed E-state index contributed by atoms with van der Waals surface area (Å²) in [5, 5.41) is 9.80. The van der Waals surface area contributed by atoms with Gasteiger partial charge in [-0.05, 0) is 30.9 Å². The van der Waals surface area contributed by atoms with Crippen molar-refractivity contribution in [1.82, 2.24) is 4.90 Å². The molecule has 1 amide bonds. The Hall–Kier alpha value is -1.58. The summed E-state index contributed by atoms with van der Waals surface area (Å²) in [6, 6.07) is 4.15. The second kappa shape index (κ2) is 6.25. The molecule has 1 aromatic carbocycles. The number of phenols is 1. The van der Waals surface area contributed by atoms with E-state index in [0.29, 0.717) is 12.5 Å². The number of aromatic hydroxyl groups is 1. The van der Waals surface area contributed by atoms with Crippen LogP contribution in [0.2, 0.25) is 0 Å². The fourth-order valence-electron chi connectivity index (χ4n) is 2.88. The SMILES string of the molecule is CC(C)CN(C(=O)c1c(O)cccc1F)C1CCCC1. The van der Waals surface area contributed by atoms with Gasteiger partial charge in [0.1, 0.15) is 17.1 Å². The van der Waals surface area contributed by atoms with Crippen LogP contribution in [0, 0.1) is 11.7 Å². The molecule has 110 valence electrons. The van der Waals surface area contributed by atoms with Crippen LogP contribution < -0.4 is 0 Å². The molecule has 1 aliphatic carbocycles. The molecule has 3 nitrogen and oxygen atoms in total. The number of hydrogen-bond acceptors (Lipinski definition) is 2. The van der Waals surface area contributed by atoms with Crippen LogP contribution in [0.25, 0.3) is 0 Å². The van der Waals surface area contributed by atoms with Crippen LogP contribution in [0.1, 0.15) is 49.9 Å². The lowest BCUT2D eigenvalue weighted by Crippen LogP contribution is -2.41. The lowest BCUT2D eigenvalue weighted by Gasteiger charge is -2.31. The third-order valence-electron chi connectivity index (χ3n) is 3.79. The highest BCUT2D eigenvalue weighted by molar-refractivity contribution is 5.97. The molecule has 1 N–H and O–H groups in total. The molecule has 0 aliphatic heterocycles. The van der Waals surface area contributed by atoms with Gasteiger partial charge < -0.3 is 10.0 Å². The van der Waals surface area contributed by atoms with Crippen molar-refractivity contribution in [2.75, 3.05) is 6.54 Å². The van der Waals surface area contributed by atoms with Crippen LogP contribution in [0.3, 0.4) is 0 Å². The molecule has 1 aromatic rings. The van der Waals surface area contributed by atoms with Gasteiger partial charge in [0.2, 0.25) is 0 Å². The van der Waals surface area contributed by atoms with Crippen molar-refractivity contribution in [2.24, 2.45) is 5.92 Å². The predicted octanol–water partition coefficient (Wildman–Crippen LogP) is 3.57. The normalized spacial score (nSPS) is 15.8. The molecule has 0 atom stereocenters. The van der Waals surface area contributed by atoms with Crippen molar-refractivity contribution in [3.05, 3.63) is 29.6 Å². The van der Waals surface area contributed by atoms with Crippen molar-refractivity contribution < 1.29 is 14.3 Å². The van der Waals surface area contributed by atoms with Gasteiger partial charge in [0, 0.05) is 12.6 Å². The van der Waals surface area contributed by atoms with Crippen LogP contribution in [-0.4, -0.2) is 28.5 Å². The van der Waals surface area contributed by atoms with E-state index in [2.05, 4.69) is 0 Å². The number of rotatable bonds is 4. The maximum Gasteiger partial charge on any atom is 0.260 e. The van der Waals surface area contributed by atoms with E-state index < -0.39 is 5.82 Å². The van der Waals surface area contributed by atoms with Crippen molar-refractivity contribution in [3.63, 3.8) is 0 Å². The first-order valence-electron chi connectivity index (χ1n) is 7.29. The highest BCUT2D eigenvalue weighted by Crippen LogP contribution is 2.28.